The maximum atomic E-state index is 2.21. The molecular formula is C10H14Ru+2. The molecule has 0 amide bonds. The molecular weight excluding hydrogens is 221 g/mol. The second kappa shape index (κ2) is 4.67. The Morgan fingerprint density at radius 3 is 1.82 bits per heavy atom. The Hall–Kier alpha value is -0.157. The van der Waals surface area contributed by atoms with Crippen molar-refractivity contribution >= 4 is 0 Å². The van der Waals surface area contributed by atoms with Gasteiger partial charge in [-0.3, -0.25) is 0 Å². The van der Waals surface area contributed by atoms with Crippen molar-refractivity contribution in [2.75, 3.05) is 0 Å². The van der Waals surface area contributed by atoms with Crippen molar-refractivity contribution in [3.05, 3.63) is 35.4 Å². The molecule has 1 aromatic carbocycles. The first-order chi connectivity index (χ1) is 4.70. The second-order valence-corrected chi connectivity index (χ2v) is 3.07. The molecule has 0 heterocycles. The van der Waals surface area contributed by atoms with Gasteiger partial charge in [-0.15, -0.1) is 0 Å². The Bertz CT molecular complexity index is 199. The third kappa shape index (κ3) is 3.16. The number of hydrogen-bond acceptors (Lipinski definition) is 0. The van der Waals surface area contributed by atoms with Gasteiger partial charge in [-0.2, -0.15) is 0 Å². The summed E-state index contributed by atoms with van der Waals surface area (Å²) >= 11 is 0. The molecule has 0 unspecified atom stereocenters. The van der Waals surface area contributed by atoms with Gasteiger partial charge in [0.2, 0.25) is 0 Å². The summed E-state index contributed by atoms with van der Waals surface area (Å²) < 4.78 is 0. The molecule has 1 rings (SSSR count). The Labute approximate surface area is 81.8 Å². The van der Waals surface area contributed by atoms with Crippen LogP contribution in [-0.4, -0.2) is 0 Å². The molecule has 0 radical (unpaired) electrons. The van der Waals surface area contributed by atoms with Crippen molar-refractivity contribution in [2.45, 2.75) is 26.7 Å². The van der Waals surface area contributed by atoms with Gasteiger partial charge in [-0.25, -0.2) is 0 Å². The van der Waals surface area contributed by atoms with E-state index in [1.54, 1.807) is 0 Å². The quantitative estimate of drug-likeness (QED) is 0.656. The molecule has 0 bridgehead atoms. The van der Waals surface area contributed by atoms with Gasteiger partial charge in [0.1, 0.15) is 0 Å². The Kier molecular flexibility index (Phi) is 4.60. The standard InChI is InChI=1S/C10H14.Ru/c1-8(2)10-6-4-9(3)5-7-10;/h4-8H,1-3H3;/q;+2. The fraction of sp³-hybridized carbons (Fsp3) is 0.400. The molecule has 0 spiro atoms. The summed E-state index contributed by atoms with van der Waals surface area (Å²) in [6.45, 7) is 6.54. The van der Waals surface area contributed by atoms with Gasteiger partial charge in [-0.1, -0.05) is 43.7 Å². The third-order valence-corrected chi connectivity index (χ3v) is 1.74. The molecule has 0 N–H and O–H groups in total. The van der Waals surface area contributed by atoms with Crippen molar-refractivity contribution < 1.29 is 19.5 Å². The van der Waals surface area contributed by atoms with Crippen LogP contribution in [0.4, 0.5) is 0 Å². The average Bonchev–Trinajstić information content (AvgIpc) is 1.88. The van der Waals surface area contributed by atoms with Crippen LogP contribution in [0, 0.1) is 6.92 Å². The van der Waals surface area contributed by atoms with E-state index in [-0.39, 0.29) is 19.5 Å². The van der Waals surface area contributed by atoms with Crippen LogP contribution in [-0.2, 0) is 19.5 Å². The van der Waals surface area contributed by atoms with Crippen molar-refractivity contribution in [3.63, 3.8) is 0 Å². The molecule has 0 atom stereocenters. The minimum absolute atomic E-state index is 0. The maximum Gasteiger partial charge on any atom is 2.00 e. The molecule has 0 aliphatic carbocycles. The van der Waals surface area contributed by atoms with E-state index in [0.717, 1.165) is 0 Å². The minimum Gasteiger partial charge on any atom is -0.0590 e. The van der Waals surface area contributed by atoms with Crippen LogP contribution in [0.3, 0.4) is 0 Å². The normalized spacial score (nSPS) is 9.45. The van der Waals surface area contributed by atoms with Crippen LogP contribution in [0.15, 0.2) is 24.3 Å². The van der Waals surface area contributed by atoms with Gasteiger partial charge >= 0.3 is 19.5 Å². The van der Waals surface area contributed by atoms with Crippen molar-refractivity contribution in [1.29, 1.82) is 0 Å². The van der Waals surface area contributed by atoms with E-state index in [1.165, 1.54) is 11.1 Å². The van der Waals surface area contributed by atoms with Crippen LogP contribution < -0.4 is 0 Å². The number of rotatable bonds is 1. The van der Waals surface area contributed by atoms with Gasteiger partial charge in [-0.05, 0) is 18.4 Å². The predicted octanol–water partition coefficient (Wildman–Crippen LogP) is 3.12. The Balaban J connectivity index is 0.000001000. The summed E-state index contributed by atoms with van der Waals surface area (Å²) in [5, 5.41) is 0. The summed E-state index contributed by atoms with van der Waals surface area (Å²) in [4.78, 5) is 0. The molecule has 0 saturated carbocycles. The van der Waals surface area contributed by atoms with Gasteiger partial charge < -0.3 is 0 Å². The molecule has 1 aromatic rings. The minimum atomic E-state index is 0. The van der Waals surface area contributed by atoms with Crippen LogP contribution in [0.25, 0.3) is 0 Å². The molecule has 60 valence electrons. The summed E-state index contributed by atoms with van der Waals surface area (Å²) in [5.41, 5.74) is 2.76. The topological polar surface area (TPSA) is 0 Å². The molecule has 0 aromatic heterocycles. The first-order valence-corrected chi connectivity index (χ1v) is 3.76. The van der Waals surface area contributed by atoms with E-state index < -0.39 is 0 Å². The zero-order valence-electron chi connectivity index (χ0n) is 7.24. The smallest absolute Gasteiger partial charge is 0.0590 e. The second-order valence-electron chi connectivity index (χ2n) is 3.07. The predicted molar refractivity (Wildman–Crippen MR) is 45.3 cm³/mol. The van der Waals surface area contributed by atoms with E-state index in [9.17, 15) is 0 Å². The van der Waals surface area contributed by atoms with E-state index in [4.69, 9.17) is 0 Å². The molecule has 11 heavy (non-hydrogen) atoms. The third-order valence-electron chi connectivity index (χ3n) is 1.74. The molecule has 0 nitrogen and oxygen atoms in total. The molecule has 0 fully saturated rings. The SMILES string of the molecule is Cc1ccc(C(C)C)cc1.[Ru+2]. The Morgan fingerprint density at radius 1 is 1.00 bits per heavy atom. The van der Waals surface area contributed by atoms with E-state index in [0.29, 0.717) is 5.92 Å². The molecule has 0 aliphatic heterocycles. The van der Waals surface area contributed by atoms with E-state index >= 15 is 0 Å². The maximum absolute atomic E-state index is 2.21. The number of benzene rings is 1. The summed E-state index contributed by atoms with van der Waals surface area (Å²) in [6.07, 6.45) is 0. The average molecular weight is 235 g/mol. The van der Waals surface area contributed by atoms with Crippen molar-refractivity contribution in [3.8, 4) is 0 Å². The van der Waals surface area contributed by atoms with E-state index in [2.05, 4.69) is 45.0 Å². The number of hydrogen-bond donors (Lipinski definition) is 0. The Morgan fingerprint density at radius 2 is 1.45 bits per heavy atom. The fourth-order valence-electron chi connectivity index (χ4n) is 0.951. The van der Waals surface area contributed by atoms with Crippen molar-refractivity contribution in [1.82, 2.24) is 0 Å². The fourth-order valence-corrected chi connectivity index (χ4v) is 0.951. The van der Waals surface area contributed by atoms with Gasteiger partial charge in [0.05, 0.1) is 0 Å². The largest absolute Gasteiger partial charge is 2.00 e. The summed E-state index contributed by atoms with van der Waals surface area (Å²) in [7, 11) is 0. The van der Waals surface area contributed by atoms with Gasteiger partial charge in [0, 0.05) is 0 Å². The zero-order chi connectivity index (χ0) is 7.56. The zero-order valence-corrected chi connectivity index (χ0v) is 8.98. The van der Waals surface area contributed by atoms with E-state index in [1.807, 2.05) is 0 Å². The first kappa shape index (κ1) is 10.8. The summed E-state index contributed by atoms with van der Waals surface area (Å²) in [5.74, 6) is 0.653. The molecule has 1 heteroatoms. The molecule has 0 aliphatic rings. The molecule has 0 saturated heterocycles. The monoisotopic (exact) mass is 236 g/mol. The van der Waals surface area contributed by atoms with Crippen LogP contribution in [0.2, 0.25) is 0 Å². The van der Waals surface area contributed by atoms with Crippen LogP contribution in [0.1, 0.15) is 30.9 Å². The van der Waals surface area contributed by atoms with Crippen molar-refractivity contribution in [2.24, 2.45) is 0 Å². The van der Waals surface area contributed by atoms with Crippen LogP contribution >= 0.6 is 0 Å². The van der Waals surface area contributed by atoms with Crippen LogP contribution in [0.5, 0.6) is 0 Å². The van der Waals surface area contributed by atoms with Gasteiger partial charge in [0.25, 0.3) is 0 Å². The summed E-state index contributed by atoms with van der Waals surface area (Å²) in [6, 6.07) is 8.71. The van der Waals surface area contributed by atoms with Gasteiger partial charge in [0.15, 0.2) is 0 Å². The number of aryl methyl sites for hydroxylation is 1. The first-order valence-electron chi connectivity index (χ1n) is 3.76.